The molecule has 0 atom stereocenters. The number of aliphatic hydroxyl groups excluding tert-OH is 3. The van der Waals surface area contributed by atoms with E-state index < -0.39 is 0 Å². The molecule has 288 valence electrons. The molecule has 0 unspecified atom stereocenters. The molecular formula is C45H45B3O9. The number of hydrogen-bond acceptors (Lipinski definition) is 9. The molecule has 9 nitrogen and oxygen atoms in total. The van der Waals surface area contributed by atoms with E-state index >= 15 is 0 Å². The van der Waals surface area contributed by atoms with Gasteiger partial charge in [-0.2, -0.15) is 0 Å². The second kappa shape index (κ2) is 18.7. The van der Waals surface area contributed by atoms with Gasteiger partial charge in [-0.25, -0.2) is 0 Å². The Labute approximate surface area is 335 Å². The average molecular weight is 762 g/mol. The van der Waals surface area contributed by atoms with E-state index in [-0.39, 0.29) is 40.6 Å². The Morgan fingerprint density at radius 3 is 1.40 bits per heavy atom. The topological polar surface area (TPSA) is 116 Å². The van der Waals surface area contributed by atoms with Gasteiger partial charge in [0, 0.05) is 5.56 Å². The highest BCUT2D eigenvalue weighted by Gasteiger charge is 2.25. The van der Waals surface area contributed by atoms with E-state index in [2.05, 4.69) is 25.8 Å². The number of para-hydroxylation sites is 1. The second-order valence-electron chi connectivity index (χ2n) is 14.1. The van der Waals surface area contributed by atoms with Gasteiger partial charge in [0.2, 0.25) is 0 Å². The molecule has 0 amide bonds. The summed E-state index contributed by atoms with van der Waals surface area (Å²) >= 11 is 0. The summed E-state index contributed by atoms with van der Waals surface area (Å²) in [6.07, 6.45) is 0. The molecule has 0 aliphatic carbocycles. The lowest BCUT2D eigenvalue weighted by atomic mass is 9.64. The van der Waals surface area contributed by atoms with Crippen LogP contribution in [0.3, 0.4) is 0 Å². The van der Waals surface area contributed by atoms with Crippen LogP contribution in [0.25, 0.3) is 0 Å². The van der Waals surface area contributed by atoms with Crippen molar-refractivity contribution in [2.24, 2.45) is 0 Å². The smallest absolute Gasteiger partial charge is 0.324 e. The van der Waals surface area contributed by atoms with E-state index in [4.69, 9.17) is 38.4 Å². The molecule has 0 radical (unpaired) electrons. The van der Waals surface area contributed by atoms with Crippen LogP contribution in [0.2, 0.25) is 20.5 Å². The molecular weight excluding hydrogens is 717 g/mol. The Morgan fingerprint density at radius 2 is 0.895 bits per heavy atom. The van der Waals surface area contributed by atoms with E-state index in [1.54, 1.807) is 0 Å². The minimum Gasteiger partial charge on any atom is -0.457 e. The van der Waals surface area contributed by atoms with Gasteiger partial charge in [0.1, 0.15) is 34.5 Å². The molecule has 0 saturated carbocycles. The predicted octanol–water partition coefficient (Wildman–Crippen LogP) is 6.99. The van der Waals surface area contributed by atoms with Gasteiger partial charge in [0.05, 0.1) is 39.6 Å². The summed E-state index contributed by atoms with van der Waals surface area (Å²) in [5, 5.41) is 27.4. The third kappa shape index (κ3) is 9.98. The third-order valence-electron chi connectivity index (χ3n) is 10.2. The maximum atomic E-state index is 9.29. The molecule has 9 rings (SSSR count). The summed E-state index contributed by atoms with van der Waals surface area (Å²) in [5.74, 6) is 4.58. The minimum absolute atomic E-state index is 0.0206. The van der Waals surface area contributed by atoms with Crippen molar-refractivity contribution in [2.75, 3.05) is 0 Å². The first-order valence-corrected chi connectivity index (χ1v) is 19.2. The summed E-state index contributed by atoms with van der Waals surface area (Å²) in [7, 11) is 0. The summed E-state index contributed by atoms with van der Waals surface area (Å²) in [4.78, 5) is 0. The maximum Gasteiger partial charge on any atom is 0.324 e. The third-order valence-corrected chi connectivity index (χ3v) is 10.2. The van der Waals surface area contributed by atoms with E-state index in [1.807, 2.05) is 122 Å². The standard InChI is InChI=1S/3C15H15BO3/c1-16-15-7-6-14(8-12(15)10-18-16)19-13-4-2-11(9-17)3-5-13;1-16-15-6-5-14(8-12(15)10-18-16)19-13-4-2-3-11(7-13)9-17;1-16-14-7-6-13(8-12(14)10-18-16)19-15-5-3-2-4-11(15)9-17/h3*2-8,17H,9-10H2,1H3. The van der Waals surface area contributed by atoms with E-state index in [0.29, 0.717) is 25.6 Å². The number of fused-ring (bicyclic) bond motifs is 3. The van der Waals surface area contributed by atoms with Crippen LogP contribution in [-0.4, -0.2) is 36.1 Å². The molecule has 6 aromatic rings. The fraction of sp³-hybridized carbons (Fsp3) is 0.200. The number of aliphatic hydroxyl groups is 3. The normalized spacial score (nSPS) is 13.5. The van der Waals surface area contributed by atoms with Gasteiger partial charge in [-0.1, -0.05) is 81.1 Å². The van der Waals surface area contributed by atoms with Crippen molar-refractivity contribution in [1.29, 1.82) is 0 Å². The van der Waals surface area contributed by atoms with Crippen LogP contribution in [0.5, 0.6) is 34.5 Å². The monoisotopic (exact) mass is 762 g/mol. The lowest BCUT2D eigenvalue weighted by Crippen LogP contribution is -2.23. The van der Waals surface area contributed by atoms with Crippen molar-refractivity contribution in [2.45, 2.75) is 60.1 Å². The molecule has 3 aliphatic heterocycles. The molecule has 0 spiro atoms. The highest BCUT2D eigenvalue weighted by atomic mass is 16.5. The highest BCUT2D eigenvalue weighted by Crippen LogP contribution is 2.28. The number of hydrogen-bond donors (Lipinski definition) is 3. The summed E-state index contributed by atoms with van der Waals surface area (Å²) in [6, 6.07) is 40.5. The van der Waals surface area contributed by atoms with Gasteiger partial charge in [0.15, 0.2) is 0 Å². The number of rotatable bonds is 9. The van der Waals surface area contributed by atoms with Crippen molar-refractivity contribution >= 4 is 37.1 Å². The summed E-state index contributed by atoms with van der Waals surface area (Å²) in [5.41, 5.74) is 9.75. The Kier molecular flexibility index (Phi) is 13.1. The molecule has 3 heterocycles. The lowest BCUT2D eigenvalue weighted by Gasteiger charge is -2.10. The fourth-order valence-corrected chi connectivity index (χ4v) is 6.92. The first kappa shape index (κ1) is 39.9. The van der Waals surface area contributed by atoms with Gasteiger partial charge >= 0.3 is 20.7 Å². The van der Waals surface area contributed by atoms with Crippen molar-refractivity contribution in [1.82, 2.24) is 0 Å². The maximum absolute atomic E-state index is 9.29. The molecule has 12 heteroatoms. The SMILES string of the molecule is CB1OCc2cc(Oc3ccc(CO)cc3)ccc21.CB1OCc2cc(Oc3cccc(CO)c3)ccc21.CB1OCc2cc(Oc3ccccc3CO)ccc21. The average Bonchev–Trinajstić information content (AvgIpc) is 3.93. The zero-order chi connectivity index (χ0) is 39.7. The van der Waals surface area contributed by atoms with Crippen LogP contribution >= 0.6 is 0 Å². The quantitative estimate of drug-likeness (QED) is 0.134. The zero-order valence-corrected chi connectivity index (χ0v) is 32.4. The predicted molar refractivity (Wildman–Crippen MR) is 225 cm³/mol. The molecule has 0 bridgehead atoms. The van der Waals surface area contributed by atoms with Crippen molar-refractivity contribution < 1.29 is 43.5 Å². The van der Waals surface area contributed by atoms with Crippen LogP contribution in [-0.2, 0) is 53.6 Å². The molecule has 3 aliphatic rings. The summed E-state index contributed by atoms with van der Waals surface area (Å²) in [6.45, 7) is 8.63. The van der Waals surface area contributed by atoms with Crippen LogP contribution in [0.1, 0.15) is 33.4 Å². The molecule has 6 aromatic carbocycles. The molecule has 0 fully saturated rings. The van der Waals surface area contributed by atoms with Crippen LogP contribution in [0.4, 0.5) is 0 Å². The number of ether oxygens (including phenoxy) is 3. The fourth-order valence-electron chi connectivity index (χ4n) is 6.92. The van der Waals surface area contributed by atoms with Gasteiger partial charge in [-0.3, -0.25) is 0 Å². The van der Waals surface area contributed by atoms with Crippen LogP contribution < -0.4 is 30.6 Å². The van der Waals surface area contributed by atoms with E-state index in [0.717, 1.165) is 45.4 Å². The van der Waals surface area contributed by atoms with Gasteiger partial charge in [-0.15, -0.1) is 0 Å². The van der Waals surface area contributed by atoms with Crippen LogP contribution in [0, 0.1) is 0 Å². The van der Waals surface area contributed by atoms with Gasteiger partial charge in [0.25, 0.3) is 0 Å². The zero-order valence-electron chi connectivity index (χ0n) is 32.4. The first-order chi connectivity index (χ1) is 27.8. The number of benzene rings is 6. The second-order valence-corrected chi connectivity index (χ2v) is 14.1. The van der Waals surface area contributed by atoms with E-state index in [1.165, 1.54) is 33.1 Å². The minimum atomic E-state index is -0.0265. The van der Waals surface area contributed by atoms with Crippen molar-refractivity contribution in [3.63, 3.8) is 0 Å². The van der Waals surface area contributed by atoms with Crippen molar-refractivity contribution in [3.8, 4) is 34.5 Å². The Hall–Kier alpha value is -5.33. The molecule has 3 N–H and O–H groups in total. The Balaban J connectivity index is 0.000000131. The summed E-state index contributed by atoms with van der Waals surface area (Å²) < 4.78 is 34.2. The molecule has 57 heavy (non-hydrogen) atoms. The first-order valence-electron chi connectivity index (χ1n) is 19.2. The Bertz CT molecular complexity index is 2280. The van der Waals surface area contributed by atoms with Crippen molar-refractivity contribution in [3.05, 3.63) is 161 Å². The largest absolute Gasteiger partial charge is 0.457 e. The van der Waals surface area contributed by atoms with Crippen LogP contribution in [0.15, 0.2) is 127 Å². The lowest BCUT2D eigenvalue weighted by molar-refractivity contribution is 0.276. The van der Waals surface area contributed by atoms with E-state index in [9.17, 15) is 5.11 Å². The Morgan fingerprint density at radius 1 is 0.439 bits per heavy atom. The van der Waals surface area contributed by atoms with Gasteiger partial charge < -0.3 is 43.5 Å². The molecule has 0 saturated heterocycles. The van der Waals surface area contributed by atoms with Gasteiger partial charge in [-0.05, 0) is 111 Å². The molecule has 0 aromatic heterocycles. The highest BCUT2D eigenvalue weighted by molar-refractivity contribution is 6.68.